The first-order valence-corrected chi connectivity index (χ1v) is 6.55. The molecule has 86 valence electrons. The highest BCUT2D eigenvalue weighted by Gasteiger charge is 2.17. The summed E-state index contributed by atoms with van der Waals surface area (Å²) in [6.45, 7) is 4.16. The van der Waals surface area contributed by atoms with Crippen molar-refractivity contribution in [2.75, 3.05) is 5.73 Å². The summed E-state index contributed by atoms with van der Waals surface area (Å²) in [5.74, 6) is 0.329. The minimum absolute atomic E-state index is 0.329. The summed E-state index contributed by atoms with van der Waals surface area (Å²) < 4.78 is 2.68. The third-order valence-electron chi connectivity index (χ3n) is 2.13. The first-order valence-electron chi connectivity index (χ1n) is 4.86. The van der Waals surface area contributed by atoms with Crippen LogP contribution in [0.15, 0.2) is 14.9 Å². The van der Waals surface area contributed by atoms with E-state index in [1.807, 2.05) is 7.05 Å². The molecule has 0 bridgehead atoms. The molecular formula is C9H13N5S2. The Bertz CT molecular complexity index is 474. The molecule has 0 spiro atoms. The molecule has 0 saturated heterocycles. The number of hydrogen-bond donors (Lipinski definition) is 1. The minimum atomic E-state index is 0.329. The normalized spacial score (nSPS) is 11.2. The number of anilines is 1. The zero-order valence-corrected chi connectivity index (χ0v) is 11.0. The van der Waals surface area contributed by atoms with Gasteiger partial charge in [-0.2, -0.15) is 5.10 Å². The Morgan fingerprint density at radius 2 is 2.25 bits per heavy atom. The second-order valence-corrected chi connectivity index (χ2v) is 5.76. The summed E-state index contributed by atoms with van der Waals surface area (Å²) >= 11 is 3.00. The van der Waals surface area contributed by atoms with Gasteiger partial charge in [0.15, 0.2) is 4.34 Å². The molecule has 2 rings (SSSR count). The SMILES string of the molecule is CC(C)c1nn(C)c(Sc2nncs2)c1N. The molecule has 0 aromatic carbocycles. The highest BCUT2D eigenvalue weighted by Crippen LogP contribution is 2.35. The van der Waals surface area contributed by atoms with Crippen molar-refractivity contribution < 1.29 is 0 Å². The fraction of sp³-hybridized carbons (Fsp3) is 0.444. The number of nitrogens with two attached hydrogens (primary N) is 1. The van der Waals surface area contributed by atoms with E-state index in [2.05, 4.69) is 29.1 Å². The largest absolute Gasteiger partial charge is 0.395 e. The van der Waals surface area contributed by atoms with Crippen LogP contribution in [-0.4, -0.2) is 20.0 Å². The Morgan fingerprint density at radius 3 is 2.75 bits per heavy atom. The summed E-state index contributed by atoms with van der Waals surface area (Å²) in [7, 11) is 1.89. The predicted molar refractivity (Wildman–Crippen MR) is 65.7 cm³/mol. The van der Waals surface area contributed by atoms with E-state index in [1.165, 1.54) is 23.1 Å². The second kappa shape index (κ2) is 4.42. The maximum atomic E-state index is 6.07. The van der Waals surface area contributed by atoms with Gasteiger partial charge in [0.1, 0.15) is 10.5 Å². The van der Waals surface area contributed by atoms with Crippen LogP contribution in [0.2, 0.25) is 0 Å². The molecular weight excluding hydrogens is 242 g/mol. The molecule has 16 heavy (non-hydrogen) atoms. The van der Waals surface area contributed by atoms with E-state index in [1.54, 1.807) is 10.2 Å². The van der Waals surface area contributed by atoms with E-state index in [-0.39, 0.29) is 0 Å². The van der Waals surface area contributed by atoms with Crippen molar-refractivity contribution in [1.82, 2.24) is 20.0 Å². The molecule has 0 aliphatic rings. The number of rotatable bonds is 3. The zero-order valence-electron chi connectivity index (χ0n) is 9.34. The topological polar surface area (TPSA) is 69.6 Å². The molecule has 2 aromatic heterocycles. The lowest BCUT2D eigenvalue weighted by molar-refractivity contribution is 0.670. The van der Waals surface area contributed by atoms with Crippen LogP contribution in [0.3, 0.4) is 0 Å². The molecule has 0 fully saturated rings. The molecule has 5 nitrogen and oxygen atoms in total. The lowest BCUT2D eigenvalue weighted by Crippen LogP contribution is -1.94. The highest BCUT2D eigenvalue weighted by atomic mass is 32.2. The van der Waals surface area contributed by atoms with Crippen molar-refractivity contribution in [3.05, 3.63) is 11.2 Å². The molecule has 7 heteroatoms. The van der Waals surface area contributed by atoms with Crippen molar-refractivity contribution in [2.24, 2.45) is 7.05 Å². The van der Waals surface area contributed by atoms with Gasteiger partial charge in [-0.15, -0.1) is 10.2 Å². The van der Waals surface area contributed by atoms with Gasteiger partial charge in [-0.05, 0) is 17.7 Å². The number of hydrogen-bond acceptors (Lipinski definition) is 6. The zero-order chi connectivity index (χ0) is 11.7. The molecule has 0 unspecified atom stereocenters. The molecule has 0 atom stereocenters. The monoisotopic (exact) mass is 255 g/mol. The highest BCUT2D eigenvalue weighted by molar-refractivity contribution is 8.01. The van der Waals surface area contributed by atoms with E-state index in [4.69, 9.17) is 5.73 Å². The van der Waals surface area contributed by atoms with Gasteiger partial charge >= 0.3 is 0 Å². The van der Waals surface area contributed by atoms with Gasteiger partial charge in [-0.3, -0.25) is 4.68 Å². The average molecular weight is 255 g/mol. The van der Waals surface area contributed by atoms with Crippen LogP contribution in [0.4, 0.5) is 5.69 Å². The molecule has 0 aliphatic carbocycles. The fourth-order valence-electron chi connectivity index (χ4n) is 1.38. The minimum Gasteiger partial charge on any atom is -0.395 e. The van der Waals surface area contributed by atoms with Crippen LogP contribution in [0.1, 0.15) is 25.5 Å². The van der Waals surface area contributed by atoms with Crippen LogP contribution in [0.25, 0.3) is 0 Å². The van der Waals surface area contributed by atoms with Gasteiger partial charge in [0.25, 0.3) is 0 Å². The van der Waals surface area contributed by atoms with E-state index in [0.29, 0.717) is 5.92 Å². The van der Waals surface area contributed by atoms with Crippen molar-refractivity contribution in [3.63, 3.8) is 0 Å². The Hall–Kier alpha value is -1.08. The van der Waals surface area contributed by atoms with Gasteiger partial charge in [-0.25, -0.2) is 0 Å². The van der Waals surface area contributed by atoms with Crippen LogP contribution < -0.4 is 5.73 Å². The van der Waals surface area contributed by atoms with Crippen molar-refractivity contribution in [1.29, 1.82) is 0 Å². The first-order chi connectivity index (χ1) is 7.59. The maximum Gasteiger partial charge on any atom is 0.180 e. The van der Waals surface area contributed by atoms with E-state index < -0.39 is 0 Å². The van der Waals surface area contributed by atoms with E-state index >= 15 is 0 Å². The first kappa shape index (κ1) is 11.4. The van der Waals surface area contributed by atoms with Crippen molar-refractivity contribution >= 4 is 28.8 Å². The van der Waals surface area contributed by atoms with Crippen LogP contribution in [0.5, 0.6) is 0 Å². The second-order valence-electron chi connectivity index (χ2n) is 3.69. The third kappa shape index (κ3) is 2.05. The smallest absolute Gasteiger partial charge is 0.180 e. The van der Waals surface area contributed by atoms with E-state index in [9.17, 15) is 0 Å². The summed E-state index contributed by atoms with van der Waals surface area (Å²) in [6.07, 6.45) is 0. The van der Waals surface area contributed by atoms with Crippen LogP contribution in [0, 0.1) is 0 Å². The molecule has 2 heterocycles. The Kier molecular flexibility index (Phi) is 3.15. The lowest BCUT2D eigenvalue weighted by Gasteiger charge is -2.01. The van der Waals surface area contributed by atoms with Crippen molar-refractivity contribution in [3.8, 4) is 0 Å². The molecule has 0 amide bonds. The standard InChI is InChI=1S/C9H13N5S2/c1-5(2)7-6(10)8(14(3)13-7)16-9-12-11-4-15-9/h4-5H,10H2,1-3H3. The molecule has 2 N–H and O–H groups in total. The number of nitrogen functional groups attached to an aromatic ring is 1. The summed E-state index contributed by atoms with van der Waals surface area (Å²) in [4.78, 5) is 0. The molecule has 0 saturated carbocycles. The van der Waals surface area contributed by atoms with Crippen LogP contribution >= 0.6 is 23.1 Å². The molecule has 0 aliphatic heterocycles. The third-order valence-corrected chi connectivity index (χ3v) is 4.08. The van der Waals surface area contributed by atoms with Gasteiger partial charge in [0.05, 0.1) is 11.4 Å². The van der Waals surface area contributed by atoms with Gasteiger partial charge < -0.3 is 5.73 Å². The van der Waals surface area contributed by atoms with Gasteiger partial charge in [0, 0.05) is 7.05 Å². The lowest BCUT2D eigenvalue weighted by atomic mass is 10.1. The summed E-state index contributed by atoms with van der Waals surface area (Å²) in [5, 5.41) is 13.1. The van der Waals surface area contributed by atoms with Crippen LogP contribution in [-0.2, 0) is 7.05 Å². The maximum absolute atomic E-state index is 6.07. The van der Waals surface area contributed by atoms with Gasteiger partial charge in [-0.1, -0.05) is 25.2 Å². The quantitative estimate of drug-likeness (QED) is 0.909. The fourth-order valence-corrected chi connectivity index (χ4v) is 2.86. The number of nitrogens with zero attached hydrogens (tertiary/aromatic N) is 4. The van der Waals surface area contributed by atoms with Gasteiger partial charge in [0.2, 0.25) is 0 Å². The van der Waals surface area contributed by atoms with Crippen molar-refractivity contribution in [2.45, 2.75) is 29.1 Å². The Labute approximate surface area is 102 Å². The number of aryl methyl sites for hydroxylation is 1. The number of aromatic nitrogens is 4. The summed E-state index contributed by atoms with van der Waals surface area (Å²) in [5.41, 5.74) is 9.47. The predicted octanol–water partition coefficient (Wildman–Crippen LogP) is 2.13. The average Bonchev–Trinajstić information content (AvgIpc) is 2.81. The molecule has 2 aromatic rings. The molecule has 0 radical (unpaired) electrons. The summed E-state index contributed by atoms with van der Waals surface area (Å²) in [6, 6.07) is 0. The Balaban J connectivity index is 2.34. The van der Waals surface area contributed by atoms with E-state index in [0.717, 1.165) is 20.7 Å². The Morgan fingerprint density at radius 1 is 1.50 bits per heavy atom.